The number of carboxylic acid groups (broad SMARTS) is 1. The van der Waals surface area contributed by atoms with Crippen LogP contribution in [-0.2, 0) is 0 Å². The summed E-state index contributed by atoms with van der Waals surface area (Å²) in [5, 5.41) is 8.58. The number of carbonyl (C=O) groups is 1. The molecule has 0 amide bonds. The summed E-state index contributed by atoms with van der Waals surface area (Å²) in [6.45, 7) is 0. The molecule has 0 bridgehead atoms. The van der Waals surface area contributed by atoms with Crippen molar-refractivity contribution in [3.63, 3.8) is 0 Å². The van der Waals surface area contributed by atoms with Gasteiger partial charge in [0.25, 0.3) is 0 Å². The van der Waals surface area contributed by atoms with Crippen LogP contribution >= 0.6 is 11.8 Å². The van der Waals surface area contributed by atoms with E-state index in [-0.39, 0.29) is 22.2 Å². The summed E-state index contributed by atoms with van der Waals surface area (Å²) in [6.07, 6.45) is -4.95. The van der Waals surface area contributed by atoms with E-state index in [4.69, 9.17) is 5.11 Å². The maximum Gasteiger partial charge on any atom is 0.429 e. The van der Waals surface area contributed by atoms with Crippen LogP contribution in [0.15, 0.2) is 29.2 Å². The van der Waals surface area contributed by atoms with Crippen LogP contribution in [0.1, 0.15) is 10.4 Å². The topological polar surface area (TPSA) is 37.3 Å². The molecule has 0 aliphatic carbocycles. The minimum absolute atomic E-state index is 0.0729. The first kappa shape index (κ1) is 12.8. The van der Waals surface area contributed by atoms with E-state index in [9.17, 15) is 22.4 Å². The lowest BCUT2D eigenvalue weighted by Crippen LogP contribution is -2.20. The van der Waals surface area contributed by atoms with E-state index >= 15 is 0 Å². The molecule has 16 heavy (non-hydrogen) atoms. The molecule has 0 fully saturated rings. The van der Waals surface area contributed by atoms with Gasteiger partial charge in [-0.1, -0.05) is 17.8 Å². The van der Waals surface area contributed by atoms with E-state index < -0.39 is 17.6 Å². The first-order valence-corrected chi connectivity index (χ1v) is 4.89. The highest BCUT2D eigenvalue weighted by Gasteiger charge is 2.40. The minimum atomic E-state index is -4.95. The highest BCUT2D eigenvalue weighted by molar-refractivity contribution is 7.99. The van der Waals surface area contributed by atoms with E-state index in [1.54, 1.807) is 0 Å². The summed E-state index contributed by atoms with van der Waals surface area (Å²) in [5.41, 5.74) is -3.24. The lowest BCUT2D eigenvalue weighted by Gasteiger charge is -2.11. The van der Waals surface area contributed by atoms with Gasteiger partial charge < -0.3 is 5.11 Å². The van der Waals surface area contributed by atoms with Crippen LogP contribution in [0.2, 0.25) is 0 Å². The van der Waals surface area contributed by atoms with E-state index in [2.05, 4.69) is 0 Å². The zero-order valence-electron chi connectivity index (χ0n) is 7.66. The third-order valence-electron chi connectivity index (χ3n) is 1.58. The molecule has 1 rings (SSSR count). The van der Waals surface area contributed by atoms with Gasteiger partial charge in [0.05, 0.1) is 5.56 Å². The molecule has 2 nitrogen and oxygen atoms in total. The molecular weight excluding hydrogens is 248 g/mol. The van der Waals surface area contributed by atoms with Crippen molar-refractivity contribution in [2.24, 2.45) is 0 Å². The fraction of sp³-hybridized carbons (Fsp3) is 0.222. The Morgan fingerprint density at radius 3 is 2.50 bits per heavy atom. The minimum Gasteiger partial charge on any atom is -0.478 e. The SMILES string of the molecule is O=C(O)c1cccc(SC(F)C(F)(F)F)c1. The van der Waals surface area contributed by atoms with E-state index in [1.807, 2.05) is 0 Å². The van der Waals surface area contributed by atoms with Gasteiger partial charge in [-0.2, -0.15) is 13.2 Å². The number of benzene rings is 1. The third kappa shape index (κ3) is 3.41. The summed E-state index contributed by atoms with van der Waals surface area (Å²) < 4.78 is 48.3. The fourth-order valence-corrected chi connectivity index (χ4v) is 1.61. The number of alkyl halides is 4. The van der Waals surface area contributed by atoms with Crippen molar-refractivity contribution < 1.29 is 27.5 Å². The smallest absolute Gasteiger partial charge is 0.429 e. The Morgan fingerprint density at radius 2 is 2.00 bits per heavy atom. The Kier molecular flexibility index (Phi) is 3.79. The lowest BCUT2D eigenvalue weighted by atomic mass is 10.2. The molecule has 0 heterocycles. The number of aromatic carboxylic acids is 1. The molecule has 1 N–H and O–H groups in total. The largest absolute Gasteiger partial charge is 0.478 e. The molecule has 1 aromatic rings. The van der Waals surface area contributed by atoms with Crippen LogP contribution in [0.4, 0.5) is 17.6 Å². The van der Waals surface area contributed by atoms with Gasteiger partial charge >= 0.3 is 12.1 Å². The van der Waals surface area contributed by atoms with Crippen LogP contribution in [0.3, 0.4) is 0 Å². The number of carboxylic acids is 1. The molecule has 7 heteroatoms. The van der Waals surface area contributed by atoms with Crippen molar-refractivity contribution in [2.75, 3.05) is 0 Å². The molecule has 1 atom stereocenters. The molecule has 0 spiro atoms. The third-order valence-corrected chi connectivity index (χ3v) is 2.58. The molecule has 0 aliphatic heterocycles. The summed E-state index contributed by atoms with van der Waals surface area (Å²) in [6, 6.07) is 4.68. The van der Waals surface area contributed by atoms with Crippen molar-refractivity contribution in [1.29, 1.82) is 0 Å². The van der Waals surface area contributed by atoms with Gasteiger partial charge in [0, 0.05) is 4.90 Å². The highest BCUT2D eigenvalue weighted by atomic mass is 32.2. The van der Waals surface area contributed by atoms with Crippen LogP contribution in [0.5, 0.6) is 0 Å². The predicted molar refractivity (Wildman–Crippen MR) is 50.2 cm³/mol. The van der Waals surface area contributed by atoms with E-state index in [0.29, 0.717) is 0 Å². The normalized spacial score (nSPS) is 13.5. The molecule has 0 saturated carbocycles. The first-order valence-electron chi connectivity index (χ1n) is 4.01. The molecule has 0 saturated heterocycles. The Balaban J connectivity index is 2.82. The summed E-state index contributed by atoms with van der Waals surface area (Å²) in [7, 11) is 0. The lowest BCUT2D eigenvalue weighted by molar-refractivity contribution is -0.154. The average molecular weight is 254 g/mol. The fourth-order valence-electron chi connectivity index (χ4n) is 0.889. The molecule has 88 valence electrons. The summed E-state index contributed by atoms with van der Waals surface area (Å²) >= 11 is -0.0729. The van der Waals surface area contributed by atoms with Gasteiger partial charge in [0.15, 0.2) is 0 Å². The van der Waals surface area contributed by atoms with E-state index in [1.165, 1.54) is 18.2 Å². The number of hydrogen-bond acceptors (Lipinski definition) is 2. The van der Waals surface area contributed by atoms with Crippen molar-refractivity contribution in [3.8, 4) is 0 Å². The molecule has 1 unspecified atom stereocenters. The van der Waals surface area contributed by atoms with Crippen LogP contribution in [-0.4, -0.2) is 22.8 Å². The van der Waals surface area contributed by atoms with Crippen molar-refractivity contribution in [3.05, 3.63) is 29.8 Å². The zero-order valence-corrected chi connectivity index (χ0v) is 8.48. The van der Waals surface area contributed by atoms with Crippen LogP contribution < -0.4 is 0 Å². The molecule has 1 aromatic carbocycles. The number of rotatable bonds is 3. The number of thioether (sulfide) groups is 1. The monoisotopic (exact) mass is 254 g/mol. The second-order valence-electron chi connectivity index (χ2n) is 2.81. The Bertz CT molecular complexity index is 391. The average Bonchev–Trinajstić information content (AvgIpc) is 2.16. The van der Waals surface area contributed by atoms with Gasteiger partial charge in [-0.3, -0.25) is 0 Å². The second kappa shape index (κ2) is 4.73. The maximum absolute atomic E-state index is 12.6. The van der Waals surface area contributed by atoms with Crippen LogP contribution in [0, 0.1) is 0 Å². The molecule has 0 aromatic heterocycles. The van der Waals surface area contributed by atoms with Gasteiger partial charge in [-0.25, -0.2) is 9.18 Å². The van der Waals surface area contributed by atoms with E-state index in [0.717, 1.165) is 6.07 Å². The highest BCUT2D eigenvalue weighted by Crippen LogP contribution is 2.36. The van der Waals surface area contributed by atoms with Crippen molar-refractivity contribution >= 4 is 17.7 Å². The van der Waals surface area contributed by atoms with Crippen molar-refractivity contribution in [2.45, 2.75) is 16.6 Å². The zero-order chi connectivity index (χ0) is 12.3. The van der Waals surface area contributed by atoms with Crippen molar-refractivity contribution in [1.82, 2.24) is 0 Å². The van der Waals surface area contributed by atoms with Crippen LogP contribution in [0.25, 0.3) is 0 Å². The number of halogens is 4. The molecular formula is C9H6F4O2S. The second-order valence-corrected chi connectivity index (χ2v) is 3.93. The standard InChI is InChI=1S/C9H6F4O2S/c10-8(9(11,12)13)16-6-3-1-2-5(4-6)7(14)15/h1-4,8H,(H,14,15). The molecule has 0 aliphatic rings. The van der Waals surface area contributed by atoms with Gasteiger partial charge in [-0.15, -0.1) is 0 Å². The Labute approximate surface area is 92.3 Å². The summed E-state index contributed by atoms with van der Waals surface area (Å²) in [4.78, 5) is 10.4. The first-order chi connectivity index (χ1) is 7.30. The summed E-state index contributed by atoms with van der Waals surface area (Å²) in [5.74, 6) is -1.27. The predicted octanol–water partition coefficient (Wildman–Crippen LogP) is 3.33. The van der Waals surface area contributed by atoms with Gasteiger partial charge in [0.1, 0.15) is 0 Å². The number of hydrogen-bond donors (Lipinski definition) is 1. The Morgan fingerprint density at radius 1 is 1.38 bits per heavy atom. The maximum atomic E-state index is 12.6. The Hall–Kier alpha value is -1.24. The molecule has 0 radical (unpaired) electrons. The quantitative estimate of drug-likeness (QED) is 0.664. The van der Waals surface area contributed by atoms with Gasteiger partial charge in [-0.05, 0) is 18.2 Å². The van der Waals surface area contributed by atoms with Gasteiger partial charge in [0.2, 0.25) is 5.50 Å².